The Morgan fingerprint density at radius 1 is 1.12 bits per heavy atom. The summed E-state index contributed by atoms with van der Waals surface area (Å²) in [5, 5.41) is 7.14. The Kier molecular flexibility index (Phi) is 6.32. The molecule has 0 aromatic carbocycles. The van der Waals surface area contributed by atoms with Gasteiger partial charge in [-0.2, -0.15) is 0 Å². The van der Waals surface area contributed by atoms with Crippen LogP contribution < -0.4 is 16.4 Å². The largest absolute Gasteiger partial charge is 0.329 e. The summed E-state index contributed by atoms with van der Waals surface area (Å²) in [7, 11) is 0. The van der Waals surface area contributed by atoms with Crippen molar-refractivity contribution in [2.75, 3.05) is 19.6 Å². The third kappa shape index (κ3) is 5.83. The summed E-state index contributed by atoms with van der Waals surface area (Å²) in [4.78, 5) is 0. The van der Waals surface area contributed by atoms with E-state index in [1.807, 2.05) is 0 Å². The summed E-state index contributed by atoms with van der Waals surface area (Å²) in [6.07, 6.45) is 8.21. The van der Waals surface area contributed by atoms with Gasteiger partial charge in [-0.15, -0.1) is 0 Å². The SMILES string of the molecule is CC(C)(CN)NCCCNC1CCCCC1. The molecular weight excluding hydrogens is 198 g/mol. The fourth-order valence-electron chi connectivity index (χ4n) is 2.20. The van der Waals surface area contributed by atoms with E-state index in [1.165, 1.54) is 38.5 Å². The van der Waals surface area contributed by atoms with Crippen molar-refractivity contribution in [2.24, 2.45) is 5.73 Å². The summed E-state index contributed by atoms with van der Waals surface area (Å²) in [5.74, 6) is 0. The molecule has 16 heavy (non-hydrogen) atoms. The number of nitrogens with two attached hydrogens (primary N) is 1. The predicted molar refractivity (Wildman–Crippen MR) is 70.6 cm³/mol. The second kappa shape index (κ2) is 7.25. The van der Waals surface area contributed by atoms with E-state index in [1.54, 1.807) is 0 Å². The third-order valence-electron chi connectivity index (χ3n) is 3.51. The quantitative estimate of drug-likeness (QED) is 0.579. The van der Waals surface area contributed by atoms with Crippen molar-refractivity contribution in [2.45, 2.75) is 64.0 Å². The van der Waals surface area contributed by atoms with Crippen molar-refractivity contribution in [1.82, 2.24) is 10.6 Å². The summed E-state index contributed by atoms with van der Waals surface area (Å²) in [6, 6.07) is 0.788. The Morgan fingerprint density at radius 3 is 2.44 bits per heavy atom. The average Bonchev–Trinajstić information content (AvgIpc) is 2.30. The minimum Gasteiger partial charge on any atom is -0.329 e. The molecule has 3 nitrogen and oxygen atoms in total. The van der Waals surface area contributed by atoms with Gasteiger partial charge in [-0.3, -0.25) is 0 Å². The fourth-order valence-corrected chi connectivity index (χ4v) is 2.20. The van der Waals surface area contributed by atoms with E-state index in [0.717, 1.165) is 19.1 Å². The van der Waals surface area contributed by atoms with Crippen molar-refractivity contribution in [3.8, 4) is 0 Å². The first kappa shape index (κ1) is 13.9. The zero-order valence-corrected chi connectivity index (χ0v) is 11.0. The molecule has 0 spiro atoms. The Labute approximate surface area is 101 Å². The molecule has 1 aliphatic carbocycles. The van der Waals surface area contributed by atoms with Crippen molar-refractivity contribution in [3.63, 3.8) is 0 Å². The van der Waals surface area contributed by atoms with Gasteiger partial charge >= 0.3 is 0 Å². The lowest BCUT2D eigenvalue weighted by molar-refractivity contribution is 0.358. The normalized spacial score (nSPS) is 18.9. The first-order chi connectivity index (χ1) is 7.64. The molecule has 0 bridgehead atoms. The van der Waals surface area contributed by atoms with Gasteiger partial charge in [-0.1, -0.05) is 19.3 Å². The molecule has 0 radical (unpaired) electrons. The van der Waals surface area contributed by atoms with Gasteiger partial charge in [0.2, 0.25) is 0 Å². The van der Waals surface area contributed by atoms with Gasteiger partial charge in [0, 0.05) is 18.1 Å². The highest BCUT2D eigenvalue weighted by molar-refractivity contribution is 4.78. The van der Waals surface area contributed by atoms with Crippen molar-refractivity contribution in [3.05, 3.63) is 0 Å². The number of nitrogens with one attached hydrogen (secondary N) is 2. The van der Waals surface area contributed by atoms with Crippen LogP contribution in [-0.2, 0) is 0 Å². The van der Waals surface area contributed by atoms with Crippen LogP contribution in [0.25, 0.3) is 0 Å². The molecule has 1 fully saturated rings. The molecule has 0 atom stereocenters. The highest BCUT2D eigenvalue weighted by Gasteiger charge is 2.14. The van der Waals surface area contributed by atoms with Gasteiger partial charge in [0.1, 0.15) is 0 Å². The van der Waals surface area contributed by atoms with Gasteiger partial charge in [0.05, 0.1) is 0 Å². The maximum absolute atomic E-state index is 5.66. The van der Waals surface area contributed by atoms with Crippen LogP contribution in [0, 0.1) is 0 Å². The van der Waals surface area contributed by atoms with Crippen LogP contribution in [0.5, 0.6) is 0 Å². The summed E-state index contributed by atoms with van der Waals surface area (Å²) in [6.45, 7) is 7.20. The van der Waals surface area contributed by atoms with Crippen LogP contribution in [0.15, 0.2) is 0 Å². The molecular formula is C13H29N3. The van der Waals surface area contributed by atoms with Crippen LogP contribution in [0.1, 0.15) is 52.4 Å². The number of hydrogen-bond acceptors (Lipinski definition) is 3. The standard InChI is InChI=1S/C13H29N3/c1-13(2,11-14)16-10-6-9-15-12-7-4-3-5-8-12/h12,15-16H,3-11,14H2,1-2H3. The van der Waals surface area contributed by atoms with Crippen molar-refractivity contribution < 1.29 is 0 Å². The number of rotatable bonds is 7. The van der Waals surface area contributed by atoms with E-state index < -0.39 is 0 Å². The number of hydrogen-bond donors (Lipinski definition) is 3. The maximum Gasteiger partial charge on any atom is 0.0247 e. The predicted octanol–water partition coefficient (Wildman–Crippen LogP) is 1.63. The van der Waals surface area contributed by atoms with Gasteiger partial charge in [0.25, 0.3) is 0 Å². The lowest BCUT2D eigenvalue weighted by Crippen LogP contribution is -2.46. The Bertz CT molecular complexity index is 174. The minimum atomic E-state index is 0.0881. The Hall–Kier alpha value is -0.120. The summed E-state index contributed by atoms with van der Waals surface area (Å²) < 4.78 is 0. The van der Waals surface area contributed by atoms with Gasteiger partial charge in [0.15, 0.2) is 0 Å². The summed E-state index contributed by atoms with van der Waals surface area (Å²) in [5.41, 5.74) is 5.75. The molecule has 0 aliphatic heterocycles. The molecule has 0 aromatic heterocycles. The molecule has 0 saturated heterocycles. The third-order valence-corrected chi connectivity index (χ3v) is 3.51. The first-order valence-electron chi connectivity index (χ1n) is 6.82. The van der Waals surface area contributed by atoms with Crippen LogP contribution in [0.4, 0.5) is 0 Å². The second-order valence-electron chi connectivity index (χ2n) is 5.66. The molecule has 3 heteroatoms. The van der Waals surface area contributed by atoms with Crippen molar-refractivity contribution >= 4 is 0 Å². The Morgan fingerprint density at radius 2 is 1.81 bits per heavy atom. The molecule has 4 N–H and O–H groups in total. The molecule has 0 amide bonds. The second-order valence-corrected chi connectivity index (χ2v) is 5.66. The molecule has 1 saturated carbocycles. The van der Waals surface area contributed by atoms with Crippen LogP contribution >= 0.6 is 0 Å². The van der Waals surface area contributed by atoms with Gasteiger partial charge in [-0.05, 0) is 46.2 Å². The van der Waals surface area contributed by atoms with E-state index in [0.29, 0.717) is 6.54 Å². The van der Waals surface area contributed by atoms with E-state index >= 15 is 0 Å². The highest BCUT2D eigenvalue weighted by Crippen LogP contribution is 2.17. The molecule has 1 aliphatic rings. The lowest BCUT2D eigenvalue weighted by atomic mass is 9.95. The zero-order valence-electron chi connectivity index (χ0n) is 11.0. The zero-order chi connectivity index (χ0) is 11.9. The smallest absolute Gasteiger partial charge is 0.0247 e. The monoisotopic (exact) mass is 227 g/mol. The van der Waals surface area contributed by atoms with E-state index in [4.69, 9.17) is 5.73 Å². The van der Waals surface area contributed by atoms with Crippen LogP contribution in [-0.4, -0.2) is 31.2 Å². The van der Waals surface area contributed by atoms with Crippen LogP contribution in [0.3, 0.4) is 0 Å². The lowest BCUT2D eigenvalue weighted by Gasteiger charge is -2.25. The fraction of sp³-hybridized carbons (Fsp3) is 1.00. The molecule has 96 valence electrons. The van der Waals surface area contributed by atoms with E-state index in [2.05, 4.69) is 24.5 Å². The van der Waals surface area contributed by atoms with Crippen LogP contribution in [0.2, 0.25) is 0 Å². The topological polar surface area (TPSA) is 50.1 Å². The summed E-state index contributed by atoms with van der Waals surface area (Å²) >= 11 is 0. The molecule has 0 unspecified atom stereocenters. The van der Waals surface area contributed by atoms with Gasteiger partial charge in [-0.25, -0.2) is 0 Å². The minimum absolute atomic E-state index is 0.0881. The first-order valence-corrected chi connectivity index (χ1v) is 6.82. The van der Waals surface area contributed by atoms with Gasteiger partial charge < -0.3 is 16.4 Å². The van der Waals surface area contributed by atoms with E-state index in [-0.39, 0.29) is 5.54 Å². The maximum atomic E-state index is 5.66. The van der Waals surface area contributed by atoms with Crippen molar-refractivity contribution in [1.29, 1.82) is 0 Å². The molecule has 0 heterocycles. The Balaban J connectivity index is 1.95. The molecule has 0 aromatic rings. The van der Waals surface area contributed by atoms with E-state index in [9.17, 15) is 0 Å². The average molecular weight is 227 g/mol. The highest BCUT2D eigenvalue weighted by atomic mass is 15.0. The molecule has 1 rings (SSSR count).